The van der Waals surface area contributed by atoms with Crippen LogP contribution in [0.1, 0.15) is 24.5 Å². The Labute approximate surface area is 154 Å². The van der Waals surface area contributed by atoms with Crippen molar-refractivity contribution in [3.63, 3.8) is 0 Å². The molecule has 0 radical (unpaired) electrons. The van der Waals surface area contributed by atoms with E-state index >= 15 is 0 Å². The third kappa shape index (κ3) is 3.89. The Morgan fingerprint density at radius 1 is 1.19 bits per heavy atom. The molecule has 132 valence electrons. The fourth-order valence-electron chi connectivity index (χ4n) is 2.40. The molecule has 1 aliphatic rings. The molecule has 0 saturated carbocycles. The Morgan fingerprint density at radius 3 is 2.58 bits per heavy atom. The van der Waals surface area contributed by atoms with E-state index in [1.807, 2.05) is 43.3 Å². The number of hydrogen-bond acceptors (Lipinski definition) is 3. The molecule has 0 spiro atoms. The molecule has 0 N–H and O–H groups in total. The van der Waals surface area contributed by atoms with Crippen molar-refractivity contribution in [3.05, 3.63) is 87.6 Å². The molecule has 0 amide bonds. The van der Waals surface area contributed by atoms with E-state index in [9.17, 15) is 13.6 Å². The maximum absolute atomic E-state index is 13.5. The standard InChI is InChI=1S/C20H14ClF2NO2/c1-2-12(8-13-6-4-3-5-7-13)9-18-20(25)26-19(24-18)14-10-16(22)17(23)11-15(14)21/h3-11H,2H2,1H3. The van der Waals surface area contributed by atoms with Crippen molar-refractivity contribution in [1.82, 2.24) is 0 Å². The lowest BCUT2D eigenvalue weighted by Crippen LogP contribution is -2.07. The first-order valence-corrected chi connectivity index (χ1v) is 8.29. The second-order valence-corrected chi connectivity index (χ2v) is 5.97. The van der Waals surface area contributed by atoms with Gasteiger partial charge in [0.2, 0.25) is 5.90 Å². The van der Waals surface area contributed by atoms with E-state index in [1.165, 1.54) is 0 Å². The summed E-state index contributed by atoms with van der Waals surface area (Å²) in [5.41, 5.74) is 1.95. The maximum Gasteiger partial charge on any atom is 0.363 e. The predicted octanol–water partition coefficient (Wildman–Crippen LogP) is 5.30. The number of ether oxygens (including phenoxy) is 1. The summed E-state index contributed by atoms with van der Waals surface area (Å²) in [5.74, 6) is -3.01. The summed E-state index contributed by atoms with van der Waals surface area (Å²) in [5, 5.41) is -0.0905. The summed E-state index contributed by atoms with van der Waals surface area (Å²) in [7, 11) is 0. The number of benzene rings is 2. The van der Waals surface area contributed by atoms with Crippen LogP contribution in [0.5, 0.6) is 0 Å². The van der Waals surface area contributed by atoms with Crippen molar-refractivity contribution in [3.8, 4) is 0 Å². The van der Waals surface area contributed by atoms with E-state index in [1.54, 1.807) is 6.08 Å². The van der Waals surface area contributed by atoms with Crippen LogP contribution in [0.25, 0.3) is 6.08 Å². The van der Waals surface area contributed by atoms with Gasteiger partial charge in [0.25, 0.3) is 0 Å². The Hall–Kier alpha value is -2.79. The minimum absolute atomic E-state index is 0.0207. The summed E-state index contributed by atoms with van der Waals surface area (Å²) in [4.78, 5) is 16.2. The molecule has 1 heterocycles. The normalized spacial score (nSPS) is 16.0. The van der Waals surface area contributed by atoms with Gasteiger partial charge in [-0.05, 0) is 35.8 Å². The van der Waals surface area contributed by atoms with E-state index in [2.05, 4.69) is 4.99 Å². The van der Waals surface area contributed by atoms with Gasteiger partial charge in [0.05, 0.1) is 10.6 Å². The fraction of sp³-hybridized carbons (Fsp3) is 0.100. The van der Waals surface area contributed by atoms with Crippen molar-refractivity contribution in [2.75, 3.05) is 0 Å². The zero-order valence-corrected chi connectivity index (χ0v) is 14.6. The van der Waals surface area contributed by atoms with Crippen LogP contribution in [0.2, 0.25) is 5.02 Å². The molecule has 6 heteroatoms. The molecule has 26 heavy (non-hydrogen) atoms. The van der Waals surface area contributed by atoms with Crippen molar-refractivity contribution in [2.24, 2.45) is 4.99 Å². The van der Waals surface area contributed by atoms with E-state index in [-0.39, 0.29) is 22.2 Å². The number of cyclic esters (lactones) is 1. The van der Waals surface area contributed by atoms with E-state index in [4.69, 9.17) is 16.3 Å². The van der Waals surface area contributed by atoms with Crippen molar-refractivity contribution < 1.29 is 18.3 Å². The van der Waals surface area contributed by atoms with Gasteiger partial charge in [0.1, 0.15) is 0 Å². The van der Waals surface area contributed by atoms with Gasteiger partial charge in [0.15, 0.2) is 17.3 Å². The van der Waals surface area contributed by atoms with Gasteiger partial charge in [-0.2, -0.15) is 0 Å². The third-order valence-corrected chi connectivity index (χ3v) is 4.06. The van der Waals surface area contributed by atoms with Gasteiger partial charge < -0.3 is 4.74 Å². The smallest absolute Gasteiger partial charge is 0.363 e. The van der Waals surface area contributed by atoms with Crippen LogP contribution < -0.4 is 0 Å². The highest BCUT2D eigenvalue weighted by molar-refractivity contribution is 6.34. The van der Waals surface area contributed by atoms with Crippen LogP contribution >= 0.6 is 11.6 Å². The molecular weight excluding hydrogens is 360 g/mol. The quantitative estimate of drug-likeness (QED) is 0.414. The first-order chi connectivity index (χ1) is 12.5. The number of esters is 1. The van der Waals surface area contributed by atoms with Crippen LogP contribution in [0, 0.1) is 11.6 Å². The van der Waals surface area contributed by atoms with Crippen LogP contribution in [0.15, 0.2) is 64.8 Å². The molecular formula is C20H14ClF2NO2. The van der Waals surface area contributed by atoms with Crippen molar-refractivity contribution in [2.45, 2.75) is 13.3 Å². The summed E-state index contributed by atoms with van der Waals surface area (Å²) < 4.78 is 31.7. The average Bonchev–Trinajstić information content (AvgIpc) is 2.98. The summed E-state index contributed by atoms with van der Waals surface area (Å²) in [6, 6.07) is 11.3. The van der Waals surface area contributed by atoms with Crippen LogP contribution in [0.3, 0.4) is 0 Å². The Kier molecular flexibility index (Phi) is 5.28. The van der Waals surface area contributed by atoms with E-state index < -0.39 is 17.6 Å². The molecule has 0 saturated heterocycles. The minimum atomic E-state index is -1.10. The first-order valence-electron chi connectivity index (χ1n) is 7.91. The van der Waals surface area contributed by atoms with Crippen LogP contribution in [-0.2, 0) is 9.53 Å². The molecule has 0 unspecified atom stereocenters. The lowest BCUT2D eigenvalue weighted by Gasteiger charge is -2.03. The lowest BCUT2D eigenvalue weighted by atomic mass is 10.1. The number of hydrogen-bond donors (Lipinski definition) is 0. The second-order valence-electron chi connectivity index (χ2n) is 5.57. The molecule has 0 aliphatic carbocycles. The summed E-state index contributed by atoms with van der Waals surface area (Å²) in [6.07, 6.45) is 4.21. The Balaban J connectivity index is 1.96. The molecule has 2 aromatic rings. The van der Waals surface area contributed by atoms with Gasteiger partial charge in [-0.1, -0.05) is 54.9 Å². The summed E-state index contributed by atoms with van der Waals surface area (Å²) >= 11 is 5.91. The van der Waals surface area contributed by atoms with Gasteiger partial charge in [0, 0.05) is 0 Å². The molecule has 3 nitrogen and oxygen atoms in total. The topological polar surface area (TPSA) is 38.7 Å². The largest absolute Gasteiger partial charge is 0.402 e. The van der Waals surface area contributed by atoms with Gasteiger partial charge in [-0.3, -0.25) is 0 Å². The predicted molar refractivity (Wildman–Crippen MR) is 96.8 cm³/mol. The minimum Gasteiger partial charge on any atom is -0.402 e. The average molecular weight is 374 g/mol. The zero-order valence-electron chi connectivity index (χ0n) is 13.8. The number of rotatable bonds is 4. The van der Waals surface area contributed by atoms with E-state index in [0.717, 1.165) is 23.3 Å². The van der Waals surface area contributed by atoms with Crippen molar-refractivity contribution >= 4 is 29.5 Å². The monoisotopic (exact) mass is 373 g/mol. The molecule has 1 aliphatic heterocycles. The number of carbonyl (C=O) groups is 1. The van der Waals surface area contributed by atoms with Gasteiger partial charge >= 0.3 is 5.97 Å². The highest BCUT2D eigenvalue weighted by Crippen LogP contribution is 2.26. The van der Waals surface area contributed by atoms with Crippen molar-refractivity contribution in [1.29, 1.82) is 0 Å². The lowest BCUT2D eigenvalue weighted by molar-refractivity contribution is -0.130. The number of halogens is 3. The number of nitrogens with zero attached hydrogens (tertiary/aromatic N) is 1. The van der Waals surface area contributed by atoms with Gasteiger partial charge in [-0.15, -0.1) is 0 Å². The van der Waals surface area contributed by atoms with Gasteiger partial charge in [-0.25, -0.2) is 18.6 Å². The van der Waals surface area contributed by atoms with Crippen LogP contribution in [0.4, 0.5) is 8.78 Å². The Morgan fingerprint density at radius 2 is 1.88 bits per heavy atom. The maximum atomic E-state index is 13.5. The molecule has 0 atom stereocenters. The molecule has 0 bridgehead atoms. The molecule has 0 fully saturated rings. The SMILES string of the molecule is CCC(=Cc1ccccc1)C=C1N=C(c2cc(F)c(F)cc2Cl)OC1=O. The fourth-order valence-corrected chi connectivity index (χ4v) is 2.63. The van der Waals surface area contributed by atoms with E-state index in [0.29, 0.717) is 6.42 Å². The second kappa shape index (κ2) is 7.62. The zero-order chi connectivity index (χ0) is 18.7. The Bertz CT molecular complexity index is 950. The molecule has 3 rings (SSSR count). The van der Waals surface area contributed by atoms with Crippen LogP contribution in [-0.4, -0.2) is 11.9 Å². The first kappa shape index (κ1) is 18.0. The highest BCUT2D eigenvalue weighted by Gasteiger charge is 2.26. The number of carbonyl (C=O) groups excluding carboxylic acids is 1. The highest BCUT2D eigenvalue weighted by atomic mass is 35.5. The number of aliphatic imine (C=N–C) groups is 1. The number of allylic oxidation sites excluding steroid dienone is 2. The summed E-state index contributed by atoms with van der Waals surface area (Å²) in [6.45, 7) is 1.95. The molecule has 2 aromatic carbocycles. The molecule has 0 aromatic heterocycles. The third-order valence-electron chi connectivity index (χ3n) is 3.74.